The van der Waals surface area contributed by atoms with Gasteiger partial charge >= 0.3 is 0 Å². The van der Waals surface area contributed by atoms with Gasteiger partial charge in [-0.05, 0) is 38.1 Å². The number of rotatable bonds is 5. The highest BCUT2D eigenvalue weighted by atomic mass is 16.2. The number of pyridine rings is 1. The standard InChI is InChI=1S/C20H31N5O/c1-20(2,3)13-17(26)24-10-8-15(14-24)18-16-7-6-9-21-19(16)25(22-18)12-11-23(4)5/h6-7,9,15H,8,10-14H2,1-5H3/t15-/m0/s1. The Kier molecular flexibility index (Phi) is 5.32. The highest BCUT2D eigenvalue weighted by Crippen LogP contribution is 2.32. The molecule has 1 saturated heterocycles. The third kappa shape index (κ3) is 4.23. The Labute approximate surface area is 156 Å². The lowest BCUT2D eigenvalue weighted by atomic mass is 9.91. The van der Waals surface area contributed by atoms with Gasteiger partial charge in [-0.2, -0.15) is 5.10 Å². The number of likely N-dealkylation sites (N-methyl/N-ethyl adjacent to an activating group) is 1. The van der Waals surface area contributed by atoms with E-state index >= 15 is 0 Å². The van der Waals surface area contributed by atoms with Crippen molar-refractivity contribution < 1.29 is 4.79 Å². The van der Waals surface area contributed by atoms with Crippen LogP contribution in [0.25, 0.3) is 11.0 Å². The van der Waals surface area contributed by atoms with Crippen molar-refractivity contribution in [3.05, 3.63) is 24.0 Å². The summed E-state index contributed by atoms with van der Waals surface area (Å²) < 4.78 is 2.02. The first-order chi connectivity index (χ1) is 12.2. The summed E-state index contributed by atoms with van der Waals surface area (Å²) in [5, 5.41) is 6.03. The number of nitrogens with zero attached hydrogens (tertiary/aromatic N) is 5. The van der Waals surface area contributed by atoms with E-state index < -0.39 is 0 Å². The van der Waals surface area contributed by atoms with Gasteiger partial charge in [0.15, 0.2) is 5.65 Å². The molecule has 0 aliphatic carbocycles. The summed E-state index contributed by atoms with van der Waals surface area (Å²) in [6.07, 6.45) is 3.40. The molecule has 0 bridgehead atoms. The van der Waals surface area contributed by atoms with Crippen molar-refractivity contribution in [2.24, 2.45) is 5.41 Å². The molecule has 142 valence electrons. The Hall–Kier alpha value is -1.95. The maximum Gasteiger partial charge on any atom is 0.223 e. The van der Waals surface area contributed by atoms with Gasteiger partial charge in [0.2, 0.25) is 5.91 Å². The van der Waals surface area contributed by atoms with E-state index in [9.17, 15) is 4.79 Å². The molecule has 26 heavy (non-hydrogen) atoms. The van der Waals surface area contributed by atoms with Crippen LogP contribution < -0.4 is 0 Å². The zero-order chi connectivity index (χ0) is 18.9. The predicted molar refractivity (Wildman–Crippen MR) is 104 cm³/mol. The fourth-order valence-electron chi connectivity index (χ4n) is 3.56. The second kappa shape index (κ2) is 7.35. The lowest BCUT2D eigenvalue weighted by Gasteiger charge is -2.22. The van der Waals surface area contributed by atoms with Crippen LogP contribution in [0.4, 0.5) is 0 Å². The van der Waals surface area contributed by atoms with Crippen molar-refractivity contribution in [2.45, 2.75) is 46.1 Å². The van der Waals surface area contributed by atoms with Crippen LogP contribution in [-0.4, -0.2) is 64.2 Å². The van der Waals surface area contributed by atoms with Crippen molar-refractivity contribution in [1.29, 1.82) is 0 Å². The van der Waals surface area contributed by atoms with E-state index in [0.29, 0.717) is 12.3 Å². The number of hydrogen-bond acceptors (Lipinski definition) is 4. The van der Waals surface area contributed by atoms with Crippen molar-refractivity contribution in [3.63, 3.8) is 0 Å². The number of likely N-dealkylation sites (tertiary alicyclic amines) is 1. The fourth-order valence-corrected chi connectivity index (χ4v) is 3.56. The van der Waals surface area contributed by atoms with Gasteiger partial charge in [-0.25, -0.2) is 9.67 Å². The summed E-state index contributed by atoms with van der Waals surface area (Å²) in [4.78, 5) is 21.3. The summed E-state index contributed by atoms with van der Waals surface area (Å²) >= 11 is 0. The monoisotopic (exact) mass is 357 g/mol. The second-order valence-corrected chi connectivity index (χ2v) is 8.85. The van der Waals surface area contributed by atoms with Crippen LogP contribution in [0.3, 0.4) is 0 Å². The average molecular weight is 358 g/mol. The molecule has 6 nitrogen and oxygen atoms in total. The molecule has 0 unspecified atom stereocenters. The van der Waals surface area contributed by atoms with E-state index in [1.807, 2.05) is 21.8 Å². The van der Waals surface area contributed by atoms with Crippen LogP contribution in [-0.2, 0) is 11.3 Å². The van der Waals surface area contributed by atoms with E-state index in [-0.39, 0.29) is 11.3 Å². The Morgan fingerprint density at radius 3 is 2.81 bits per heavy atom. The molecule has 0 N–H and O–H groups in total. The third-order valence-corrected chi connectivity index (χ3v) is 4.90. The zero-order valence-corrected chi connectivity index (χ0v) is 16.7. The topological polar surface area (TPSA) is 54.3 Å². The molecular formula is C20H31N5O. The second-order valence-electron chi connectivity index (χ2n) is 8.85. The molecule has 1 aliphatic heterocycles. The minimum absolute atomic E-state index is 0.0273. The molecule has 0 saturated carbocycles. The number of carbonyl (C=O) groups excluding carboxylic acids is 1. The van der Waals surface area contributed by atoms with E-state index in [2.05, 4.69) is 50.8 Å². The molecule has 1 fully saturated rings. The molecule has 3 heterocycles. The average Bonchev–Trinajstić information content (AvgIpc) is 3.16. The van der Waals surface area contributed by atoms with Gasteiger partial charge in [0, 0.05) is 43.6 Å². The molecule has 1 aliphatic rings. The van der Waals surface area contributed by atoms with Crippen LogP contribution in [0.5, 0.6) is 0 Å². The maximum absolute atomic E-state index is 12.6. The van der Waals surface area contributed by atoms with E-state index in [1.54, 1.807) is 0 Å². The highest BCUT2D eigenvalue weighted by molar-refractivity contribution is 5.80. The minimum atomic E-state index is 0.0273. The lowest BCUT2D eigenvalue weighted by molar-refractivity contribution is -0.132. The molecule has 2 aromatic rings. The smallest absolute Gasteiger partial charge is 0.223 e. The molecule has 0 spiro atoms. The molecule has 1 amide bonds. The van der Waals surface area contributed by atoms with Crippen molar-refractivity contribution in [2.75, 3.05) is 33.7 Å². The van der Waals surface area contributed by atoms with Gasteiger partial charge in [-0.3, -0.25) is 4.79 Å². The van der Waals surface area contributed by atoms with Gasteiger partial charge in [0.25, 0.3) is 0 Å². The summed E-state index contributed by atoms with van der Waals surface area (Å²) in [5.41, 5.74) is 2.07. The van der Waals surface area contributed by atoms with Crippen LogP contribution in [0.15, 0.2) is 18.3 Å². The number of hydrogen-bond donors (Lipinski definition) is 0. The SMILES string of the molecule is CN(C)CCn1nc([C@H]2CCN(C(=O)CC(C)(C)C)C2)c2cccnc21. The van der Waals surface area contributed by atoms with Crippen molar-refractivity contribution in [1.82, 2.24) is 24.6 Å². The first-order valence-electron chi connectivity index (χ1n) is 9.48. The quantitative estimate of drug-likeness (QED) is 0.826. The van der Waals surface area contributed by atoms with Crippen LogP contribution in [0.1, 0.15) is 45.2 Å². The molecule has 0 radical (unpaired) electrons. The van der Waals surface area contributed by atoms with E-state index in [1.165, 1.54) is 0 Å². The molecule has 6 heteroatoms. The van der Waals surface area contributed by atoms with Gasteiger partial charge in [-0.15, -0.1) is 0 Å². The maximum atomic E-state index is 12.6. The summed E-state index contributed by atoms with van der Waals surface area (Å²) in [5.74, 6) is 0.556. The summed E-state index contributed by atoms with van der Waals surface area (Å²) in [6, 6.07) is 4.08. The Bertz CT molecular complexity index is 774. The molecule has 0 aromatic carbocycles. The number of aromatic nitrogens is 3. The molecule has 1 atom stereocenters. The van der Waals surface area contributed by atoms with Crippen LogP contribution in [0.2, 0.25) is 0 Å². The van der Waals surface area contributed by atoms with Gasteiger partial charge in [-0.1, -0.05) is 20.8 Å². The van der Waals surface area contributed by atoms with Crippen molar-refractivity contribution >= 4 is 16.9 Å². The van der Waals surface area contributed by atoms with Crippen LogP contribution >= 0.6 is 0 Å². The Morgan fingerprint density at radius 2 is 2.12 bits per heavy atom. The summed E-state index contributed by atoms with van der Waals surface area (Å²) in [6.45, 7) is 9.68. The largest absolute Gasteiger partial charge is 0.342 e. The van der Waals surface area contributed by atoms with E-state index in [4.69, 9.17) is 5.10 Å². The normalized spacial score (nSPS) is 18.2. The van der Waals surface area contributed by atoms with Gasteiger partial charge < -0.3 is 9.80 Å². The highest BCUT2D eigenvalue weighted by Gasteiger charge is 2.32. The van der Waals surface area contributed by atoms with Gasteiger partial charge in [0.1, 0.15) is 0 Å². The fraction of sp³-hybridized carbons (Fsp3) is 0.650. The first-order valence-corrected chi connectivity index (χ1v) is 9.48. The molecule has 3 rings (SSSR count). The zero-order valence-electron chi connectivity index (χ0n) is 16.7. The molecule has 2 aromatic heterocycles. The number of carbonyl (C=O) groups is 1. The van der Waals surface area contributed by atoms with E-state index in [0.717, 1.165) is 49.3 Å². The Morgan fingerprint density at radius 1 is 1.35 bits per heavy atom. The summed E-state index contributed by atoms with van der Waals surface area (Å²) in [7, 11) is 4.13. The number of amides is 1. The third-order valence-electron chi connectivity index (χ3n) is 4.90. The van der Waals surface area contributed by atoms with Crippen LogP contribution in [0, 0.1) is 5.41 Å². The molecular weight excluding hydrogens is 326 g/mol. The minimum Gasteiger partial charge on any atom is -0.342 e. The lowest BCUT2D eigenvalue weighted by Crippen LogP contribution is -2.31. The Balaban J connectivity index is 1.79. The number of fused-ring (bicyclic) bond motifs is 1. The van der Waals surface area contributed by atoms with Crippen molar-refractivity contribution in [3.8, 4) is 0 Å². The van der Waals surface area contributed by atoms with Gasteiger partial charge in [0.05, 0.1) is 12.2 Å². The first kappa shape index (κ1) is 18.8. The predicted octanol–water partition coefficient (Wildman–Crippen LogP) is 2.75.